The minimum absolute atomic E-state index is 0.0409. The third-order valence-electron chi connectivity index (χ3n) is 4.14. The lowest BCUT2D eigenvalue weighted by molar-refractivity contribution is -0.129. The largest absolute Gasteiger partial charge is 0.341 e. The lowest BCUT2D eigenvalue weighted by Gasteiger charge is -2.17. The molecule has 3 rings (SSSR count). The molecule has 6 heteroatoms. The molecule has 1 aliphatic rings. The molecule has 0 bridgehead atoms. The van der Waals surface area contributed by atoms with Crippen molar-refractivity contribution in [2.24, 2.45) is 0 Å². The van der Waals surface area contributed by atoms with Crippen LogP contribution in [0.5, 0.6) is 0 Å². The van der Waals surface area contributed by atoms with E-state index in [1.165, 1.54) is 0 Å². The second-order valence-corrected chi connectivity index (χ2v) is 7.81. The molecule has 0 saturated carbocycles. The number of hydrogen-bond donors (Lipinski definition) is 1. The summed E-state index contributed by atoms with van der Waals surface area (Å²) in [4.78, 5) is 14.3. The van der Waals surface area contributed by atoms with Crippen LogP contribution in [0.3, 0.4) is 0 Å². The van der Waals surface area contributed by atoms with E-state index in [0.29, 0.717) is 25.9 Å². The van der Waals surface area contributed by atoms with Gasteiger partial charge < -0.3 is 4.90 Å². The van der Waals surface area contributed by atoms with Crippen molar-refractivity contribution < 1.29 is 13.2 Å². The molecular weight excluding hydrogens is 312 g/mol. The van der Waals surface area contributed by atoms with Crippen molar-refractivity contribution in [3.05, 3.63) is 48.0 Å². The van der Waals surface area contributed by atoms with Crippen molar-refractivity contribution in [1.82, 2.24) is 9.62 Å². The minimum atomic E-state index is -3.23. The summed E-state index contributed by atoms with van der Waals surface area (Å²) >= 11 is 0. The van der Waals surface area contributed by atoms with Gasteiger partial charge >= 0.3 is 0 Å². The van der Waals surface area contributed by atoms with Crippen molar-refractivity contribution in [3.63, 3.8) is 0 Å². The molecule has 1 N–H and O–H groups in total. The summed E-state index contributed by atoms with van der Waals surface area (Å²) in [6, 6.07) is 13.8. The van der Waals surface area contributed by atoms with Crippen LogP contribution in [0.1, 0.15) is 12.0 Å². The summed E-state index contributed by atoms with van der Waals surface area (Å²) < 4.78 is 25.1. The van der Waals surface area contributed by atoms with Crippen LogP contribution in [-0.2, 0) is 21.2 Å². The van der Waals surface area contributed by atoms with E-state index < -0.39 is 10.0 Å². The van der Waals surface area contributed by atoms with E-state index in [9.17, 15) is 13.2 Å². The highest BCUT2D eigenvalue weighted by molar-refractivity contribution is 7.88. The number of carbonyl (C=O) groups excluding carboxylic acids is 1. The molecule has 23 heavy (non-hydrogen) atoms. The smallest absolute Gasteiger partial charge is 0.227 e. The van der Waals surface area contributed by atoms with Crippen molar-refractivity contribution in [2.45, 2.75) is 18.9 Å². The van der Waals surface area contributed by atoms with Gasteiger partial charge in [0.05, 0.1) is 12.7 Å². The van der Waals surface area contributed by atoms with Crippen LogP contribution in [0.15, 0.2) is 42.5 Å². The van der Waals surface area contributed by atoms with Gasteiger partial charge in [0.2, 0.25) is 15.9 Å². The number of rotatable bonds is 4. The zero-order chi connectivity index (χ0) is 16.4. The summed E-state index contributed by atoms with van der Waals surface area (Å²) in [6.45, 7) is 1.04. The average molecular weight is 332 g/mol. The Morgan fingerprint density at radius 2 is 1.96 bits per heavy atom. The zero-order valence-corrected chi connectivity index (χ0v) is 13.8. The highest BCUT2D eigenvalue weighted by Gasteiger charge is 2.28. The van der Waals surface area contributed by atoms with Crippen molar-refractivity contribution in [3.8, 4) is 0 Å². The first kappa shape index (κ1) is 16.0. The third-order valence-corrected chi connectivity index (χ3v) is 4.90. The molecule has 0 aliphatic carbocycles. The molecule has 122 valence electrons. The quantitative estimate of drug-likeness (QED) is 0.923. The molecule has 2 aromatic carbocycles. The number of nitrogens with zero attached hydrogens (tertiary/aromatic N) is 1. The maximum Gasteiger partial charge on any atom is 0.227 e. The van der Waals surface area contributed by atoms with Gasteiger partial charge in [0.15, 0.2) is 0 Å². The summed E-state index contributed by atoms with van der Waals surface area (Å²) in [5, 5.41) is 2.21. The second kappa shape index (κ2) is 6.29. The first-order valence-electron chi connectivity index (χ1n) is 7.64. The molecule has 0 unspecified atom stereocenters. The molecule has 1 saturated heterocycles. The molecule has 0 aromatic heterocycles. The van der Waals surface area contributed by atoms with Gasteiger partial charge in [-0.2, -0.15) is 0 Å². The molecule has 0 spiro atoms. The number of nitrogens with one attached hydrogen (secondary N) is 1. The standard InChI is InChI=1S/C17H20N2O3S/c1-23(21,22)18-15-9-10-19(12-15)17(20)11-14-7-4-6-13-5-2-3-8-16(13)14/h2-8,15,18H,9-12H2,1H3/t15-/m1/s1. The van der Waals surface area contributed by atoms with E-state index in [1.807, 2.05) is 42.5 Å². The first-order valence-corrected chi connectivity index (χ1v) is 9.53. The number of amides is 1. The molecule has 1 heterocycles. The highest BCUT2D eigenvalue weighted by Crippen LogP contribution is 2.20. The highest BCUT2D eigenvalue weighted by atomic mass is 32.2. The predicted molar refractivity (Wildman–Crippen MR) is 90.6 cm³/mol. The van der Waals surface area contributed by atoms with Crippen molar-refractivity contribution in [2.75, 3.05) is 19.3 Å². The van der Waals surface area contributed by atoms with Crippen LogP contribution < -0.4 is 4.72 Å². The monoisotopic (exact) mass is 332 g/mol. The van der Waals surface area contributed by atoms with Gasteiger partial charge in [-0.25, -0.2) is 13.1 Å². The van der Waals surface area contributed by atoms with Gasteiger partial charge in [0, 0.05) is 19.1 Å². The Bertz CT molecular complexity index is 827. The number of fused-ring (bicyclic) bond motifs is 1. The maximum atomic E-state index is 12.5. The maximum absolute atomic E-state index is 12.5. The summed E-state index contributed by atoms with van der Waals surface area (Å²) in [5.41, 5.74) is 1.01. The Hall–Kier alpha value is -1.92. The van der Waals surface area contributed by atoms with Gasteiger partial charge in [-0.05, 0) is 22.8 Å². The van der Waals surface area contributed by atoms with Crippen LogP contribution >= 0.6 is 0 Å². The lowest BCUT2D eigenvalue weighted by Crippen LogP contribution is -2.38. The number of hydrogen-bond acceptors (Lipinski definition) is 3. The SMILES string of the molecule is CS(=O)(=O)N[C@@H]1CCN(C(=O)Cc2cccc3ccccc23)C1. The van der Waals surface area contributed by atoms with Crippen LogP contribution in [-0.4, -0.2) is 44.6 Å². The Kier molecular flexibility index (Phi) is 4.37. The van der Waals surface area contributed by atoms with Gasteiger partial charge in [0.1, 0.15) is 0 Å². The summed E-state index contributed by atoms with van der Waals surface area (Å²) in [7, 11) is -3.23. The molecule has 1 amide bonds. The topological polar surface area (TPSA) is 66.5 Å². The molecule has 2 aromatic rings. The van der Waals surface area contributed by atoms with Crippen LogP contribution in [0.4, 0.5) is 0 Å². The average Bonchev–Trinajstić information content (AvgIpc) is 2.94. The van der Waals surface area contributed by atoms with Gasteiger partial charge in [-0.15, -0.1) is 0 Å². The Labute approximate surface area is 136 Å². The van der Waals surface area contributed by atoms with E-state index >= 15 is 0 Å². The first-order chi connectivity index (χ1) is 10.9. The fourth-order valence-corrected chi connectivity index (χ4v) is 3.90. The normalized spacial score (nSPS) is 18.5. The summed E-state index contributed by atoms with van der Waals surface area (Å²) in [6.07, 6.45) is 2.15. The Balaban J connectivity index is 1.70. The van der Waals surface area contributed by atoms with E-state index in [-0.39, 0.29) is 11.9 Å². The third kappa shape index (κ3) is 3.89. The molecule has 1 aliphatic heterocycles. The van der Waals surface area contributed by atoms with Crippen molar-refractivity contribution in [1.29, 1.82) is 0 Å². The van der Waals surface area contributed by atoms with E-state index in [0.717, 1.165) is 22.6 Å². The number of carbonyl (C=O) groups is 1. The molecule has 1 fully saturated rings. The predicted octanol–water partition coefficient (Wildman–Crippen LogP) is 1.53. The molecule has 1 atom stereocenters. The lowest BCUT2D eigenvalue weighted by atomic mass is 10.0. The summed E-state index contributed by atoms with van der Waals surface area (Å²) in [5.74, 6) is 0.0409. The van der Waals surface area contributed by atoms with Gasteiger partial charge in [0.25, 0.3) is 0 Å². The Morgan fingerprint density at radius 3 is 2.74 bits per heavy atom. The molecular formula is C17H20N2O3S. The molecule has 0 radical (unpaired) electrons. The fourth-order valence-electron chi connectivity index (χ4n) is 3.11. The number of sulfonamides is 1. The fraction of sp³-hybridized carbons (Fsp3) is 0.353. The number of likely N-dealkylation sites (tertiary alicyclic amines) is 1. The minimum Gasteiger partial charge on any atom is -0.341 e. The number of benzene rings is 2. The second-order valence-electron chi connectivity index (χ2n) is 6.03. The van der Waals surface area contributed by atoms with Gasteiger partial charge in [-0.3, -0.25) is 4.79 Å². The van der Waals surface area contributed by atoms with E-state index in [2.05, 4.69) is 4.72 Å². The van der Waals surface area contributed by atoms with E-state index in [4.69, 9.17) is 0 Å². The van der Waals surface area contributed by atoms with Crippen LogP contribution in [0.2, 0.25) is 0 Å². The molecule has 5 nitrogen and oxygen atoms in total. The van der Waals surface area contributed by atoms with Crippen LogP contribution in [0.25, 0.3) is 10.8 Å². The van der Waals surface area contributed by atoms with Crippen LogP contribution in [0, 0.1) is 0 Å². The Morgan fingerprint density at radius 1 is 1.22 bits per heavy atom. The van der Waals surface area contributed by atoms with Gasteiger partial charge in [-0.1, -0.05) is 42.5 Å². The van der Waals surface area contributed by atoms with Crippen molar-refractivity contribution >= 4 is 26.7 Å². The zero-order valence-electron chi connectivity index (χ0n) is 13.0. The van der Waals surface area contributed by atoms with E-state index in [1.54, 1.807) is 4.90 Å².